The van der Waals surface area contributed by atoms with E-state index >= 15 is 0 Å². The Morgan fingerprint density at radius 3 is 1.88 bits per heavy atom. The van der Waals surface area contributed by atoms with E-state index in [2.05, 4.69) is 161 Å². The van der Waals surface area contributed by atoms with Gasteiger partial charge in [0.2, 0.25) is 0 Å². The van der Waals surface area contributed by atoms with Gasteiger partial charge in [0, 0.05) is 28.7 Å². The third-order valence-corrected chi connectivity index (χ3v) is 10.3. The monoisotopic (exact) mass is 630 g/mol. The van der Waals surface area contributed by atoms with Crippen LogP contribution in [-0.2, 0) is 0 Å². The Balaban J connectivity index is 1.28. The molecule has 0 bridgehead atoms. The van der Waals surface area contributed by atoms with Crippen molar-refractivity contribution in [2.24, 2.45) is 0 Å². The fraction of sp³-hybridized carbons (Fsp3) is 0.227. The number of para-hydroxylation sites is 1. The Bertz CT molecular complexity index is 2060. The standard InChI is InChI=1S/C44H42N2O2/c1-28-16-20-39-30(3)37-22-18-33(26-41(37)45(32(5)47-43(39)24-28)35-12-8-6-9-13-35)34-19-23-38-31(4)40-21-17-29(2)25-44(40)48-46(42(38)27-34)36-14-10-7-11-15-36/h6-12,14-27,30-32,35H,13H2,1-5H3/t30?,31?,32-,35-/m0/s1. The summed E-state index contributed by atoms with van der Waals surface area (Å²) in [5.74, 6) is 2.20. The average Bonchev–Trinajstić information content (AvgIpc) is 3.22. The molecule has 0 saturated heterocycles. The van der Waals surface area contributed by atoms with Gasteiger partial charge in [-0.05, 0) is 97.0 Å². The highest BCUT2D eigenvalue weighted by molar-refractivity contribution is 5.79. The first-order chi connectivity index (χ1) is 23.4. The van der Waals surface area contributed by atoms with E-state index in [4.69, 9.17) is 9.57 Å². The number of fused-ring (bicyclic) bond motifs is 4. The van der Waals surface area contributed by atoms with Crippen molar-refractivity contribution in [1.29, 1.82) is 0 Å². The number of aryl methyl sites for hydroxylation is 2. The minimum atomic E-state index is -0.162. The molecule has 240 valence electrons. The molecule has 0 spiro atoms. The predicted octanol–water partition coefficient (Wildman–Crippen LogP) is 11.1. The third-order valence-electron chi connectivity index (χ3n) is 10.3. The summed E-state index contributed by atoms with van der Waals surface area (Å²) in [5, 5.41) is 2.01. The summed E-state index contributed by atoms with van der Waals surface area (Å²) in [7, 11) is 0. The van der Waals surface area contributed by atoms with Gasteiger partial charge < -0.3 is 14.5 Å². The summed E-state index contributed by atoms with van der Waals surface area (Å²) in [6, 6.07) is 37.6. The average molecular weight is 631 g/mol. The molecule has 1 aliphatic carbocycles. The molecule has 0 fully saturated rings. The van der Waals surface area contributed by atoms with Gasteiger partial charge in [-0.25, -0.2) is 0 Å². The van der Waals surface area contributed by atoms with Crippen molar-refractivity contribution in [2.75, 3.05) is 9.96 Å². The summed E-state index contributed by atoms with van der Waals surface area (Å²) in [5.41, 5.74) is 12.9. The zero-order chi connectivity index (χ0) is 32.9. The third kappa shape index (κ3) is 5.26. The van der Waals surface area contributed by atoms with E-state index < -0.39 is 0 Å². The lowest BCUT2D eigenvalue weighted by molar-refractivity contribution is 0.202. The molecular formula is C44H42N2O2. The number of benzene rings is 5. The number of hydrogen-bond acceptors (Lipinski definition) is 4. The molecule has 48 heavy (non-hydrogen) atoms. The maximum atomic E-state index is 6.80. The Hall–Kier alpha value is -5.22. The molecular weight excluding hydrogens is 588 g/mol. The molecule has 0 aromatic heterocycles. The van der Waals surface area contributed by atoms with Crippen LogP contribution in [0.3, 0.4) is 0 Å². The zero-order valence-electron chi connectivity index (χ0n) is 28.4. The molecule has 4 nitrogen and oxygen atoms in total. The second-order valence-electron chi connectivity index (χ2n) is 13.5. The van der Waals surface area contributed by atoms with Crippen LogP contribution in [-0.4, -0.2) is 12.3 Å². The van der Waals surface area contributed by atoms with Crippen molar-refractivity contribution in [3.63, 3.8) is 0 Å². The van der Waals surface area contributed by atoms with Gasteiger partial charge in [-0.2, -0.15) is 5.06 Å². The fourth-order valence-corrected chi connectivity index (χ4v) is 7.65. The lowest BCUT2D eigenvalue weighted by Crippen LogP contribution is -2.45. The maximum Gasteiger partial charge on any atom is 0.170 e. The Morgan fingerprint density at radius 1 is 0.604 bits per heavy atom. The van der Waals surface area contributed by atoms with Crippen molar-refractivity contribution in [3.8, 4) is 22.6 Å². The van der Waals surface area contributed by atoms with Gasteiger partial charge in [0.25, 0.3) is 0 Å². The molecule has 4 heteroatoms. The zero-order valence-corrected chi connectivity index (χ0v) is 28.4. The van der Waals surface area contributed by atoms with E-state index in [1.165, 1.54) is 44.6 Å². The molecule has 0 amide bonds. The van der Waals surface area contributed by atoms with Crippen LogP contribution in [0, 0.1) is 13.8 Å². The Kier molecular flexibility index (Phi) is 7.60. The first-order valence-electron chi connectivity index (χ1n) is 17.2. The molecule has 0 N–H and O–H groups in total. The van der Waals surface area contributed by atoms with E-state index in [0.29, 0.717) is 0 Å². The fourth-order valence-electron chi connectivity index (χ4n) is 7.65. The normalized spacial score (nSPS) is 21.0. The van der Waals surface area contributed by atoms with Crippen molar-refractivity contribution in [1.82, 2.24) is 0 Å². The SMILES string of the molecule is Cc1ccc2c(c1)ON(c1ccccc1)c1cc(-c3ccc4c(c3)N([C@H]3C=CC=CC3)[C@H](C)Oc3cc(C)ccc3C4C)ccc1C2C. The number of ether oxygens (including phenoxy) is 1. The van der Waals surface area contributed by atoms with Crippen molar-refractivity contribution >= 4 is 17.1 Å². The largest absolute Gasteiger partial charge is 0.471 e. The minimum absolute atomic E-state index is 0.162. The summed E-state index contributed by atoms with van der Waals surface area (Å²) < 4.78 is 6.80. The van der Waals surface area contributed by atoms with Crippen LogP contribution in [0.25, 0.3) is 11.1 Å². The van der Waals surface area contributed by atoms with Crippen LogP contribution >= 0.6 is 0 Å². The number of rotatable bonds is 3. The van der Waals surface area contributed by atoms with Gasteiger partial charge in [-0.3, -0.25) is 0 Å². The van der Waals surface area contributed by atoms with E-state index in [-0.39, 0.29) is 24.1 Å². The van der Waals surface area contributed by atoms with Gasteiger partial charge in [-0.15, -0.1) is 0 Å². The number of hydrogen-bond donors (Lipinski definition) is 0. The Morgan fingerprint density at radius 2 is 1.21 bits per heavy atom. The van der Waals surface area contributed by atoms with E-state index in [1.54, 1.807) is 0 Å². The van der Waals surface area contributed by atoms with Gasteiger partial charge in [0.1, 0.15) is 5.75 Å². The molecule has 4 atom stereocenters. The molecule has 2 heterocycles. The van der Waals surface area contributed by atoms with Gasteiger partial charge >= 0.3 is 0 Å². The molecule has 3 aliphatic rings. The van der Waals surface area contributed by atoms with Crippen LogP contribution in [0.15, 0.2) is 127 Å². The van der Waals surface area contributed by atoms with Crippen LogP contribution < -0.4 is 19.5 Å². The molecule has 5 aromatic carbocycles. The van der Waals surface area contributed by atoms with E-state index in [9.17, 15) is 0 Å². The highest BCUT2D eigenvalue weighted by atomic mass is 16.7. The van der Waals surface area contributed by atoms with Crippen LogP contribution in [0.2, 0.25) is 0 Å². The second-order valence-corrected chi connectivity index (χ2v) is 13.5. The van der Waals surface area contributed by atoms with E-state index in [1.807, 2.05) is 11.1 Å². The van der Waals surface area contributed by atoms with Gasteiger partial charge in [-0.1, -0.05) is 105 Å². The summed E-state index contributed by atoms with van der Waals surface area (Å²) in [6.45, 7) is 11.0. The van der Waals surface area contributed by atoms with Crippen LogP contribution in [0.1, 0.15) is 72.4 Å². The van der Waals surface area contributed by atoms with Crippen LogP contribution in [0.4, 0.5) is 17.1 Å². The molecule has 2 unspecified atom stereocenters. The highest BCUT2D eigenvalue weighted by Gasteiger charge is 2.32. The van der Waals surface area contributed by atoms with Crippen molar-refractivity contribution < 1.29 is 9.57 Å². The smallest absolute Gasteiger partial charge is 0.170 e. The molecule has 8 rings (SSSR count). The summed E-state index contributed by atoms with van der Waals surface area (Å²) in [6.07, 6.45) is 9.63. The van der Waals surface area contributed by atoms with Crippen LogP contribution in [0.5, 0.6) is 11.5 Å². The highest BCUT2D eigenvalue weighted by Crippen LogP contribution is 2.47. The molecule has 5 aromatic rings. The topological polar surface area (TPSA) is 24.9 Å². The first kappa shape index (κ1) is 30.1. The molecule has 2 aliphatic heterocycles. The van der Waals surface area contributed by atoms with Gasteiger partial charge in [0.15, 0.2) is 12.0 Å². The van der Waals surface area contributed by atoms with Gasteiger partial charge in [0.05, 0.1) is 17.4 Å². The molecule has 0 radical (unpaired) electrons. The minimum Gasteiger partial charge on any atom is -0.471 e. The Labute approximate surface area is 284 Å². The lowest BCUT2D eigenvalue weighted by atomic mass is 9.86. The second kappa shape index (κ2) is 12.1. The van der Waals surface area contributed by atoms with Crippen molar-refractivity contribution in [3.05, 3.63) is 161 Å². The lowest BCUT2D eigenvalue weighted by Gasteiger charge is -2.41. The first-order valence-corrected chi connectivity index (χ1v) is 17.2. The quantitative estimate of drug-likeness (QED) is 0.198. The number of nitrogens with zero attached hydrogens (tertiary/aromatic N) is 2. The summed E-state index contributed by atoms with van der Waals surface area (Å²) >= 11 is 0. The van der Waals surface area contributed by atoms with E-state index in [0.717, 1.165) is 34.9 Å². The number of anilines is 3. The predicted molar refractivity (Wildman–Crippen MR) is 198 cm³/mol. The summed E-state index contributed by atoms with van der Waals surface area (Å²) in [4.78, 5) is 9.27. The number of allylic oxidation sites excluding steroid dienone is 2. The van der Waals surface area contributed by atoms with Crippen molar-refractivity contribution in [2.45, 2.75) is 65.1 Å². The maximum absolute atomic E-state index is 6.80. The molecule has 0 saturated carbocycles.